The van der Waals surface area contributed by atoms with Crippen molar-refractivity contribution in [2.24, 2.45) is 5.92 Å². The van der Waals surface area contributed by atoms with Crippen LogP contribution in [0.1, 0.15) is 46.1 Å². The lowest BCUT2D eigenvalue weighted by atomic mass is 9.92. The van der Waals surface area contributed by atoms with Crippen molar-refractivity contribution in [1.82, 2.24) is 5.32 Å². The molecule has 0 aliphatic heterocycles. The van der Waals surface area contributed by atoms with Gasteiger partial charge >= 0.3 is 12.1 Å². The summed E-state index contributed by atoms with van der Waals surface area (Å²) in [6.07, 6.45) is 3.48. The average molecular weight is 375 g/mol. The van der Waals surface area contributed by atoms with Gasteiger partial charge in [-0.05, 0) is 52.0 Å². The molecule has 0 aromatic heterocycles. The normalized spacial score (nSPS) is 13.8. The molecule has 0 fully saturated rings. The molecule has 27 heavy (non-hydrogen) atoms. The van der Waals surface area contributed by atoms with Crippen LogP contribution in [-0.4, -0.2) is 34.6 Å². The number of carbonyl (C=O) groups excluding carboxylic acids is 2. The predicted octanol–water partition coefficient (Wildman–Crippen LogP) is 3.75. The van der Waals surface area contributed by atoms with Crippen LogP contribution in [0.4, 0.5) is 4.79 Å². The minimum atomic E-state index is -1.05. The number of aliphatic carboxylic acids is 1. The Morgan fingerprint density at radius 2 is 1.81 bits per heavy atom. The summed E-state index contributed by atoms with van der Waals surface area (Å²) in [7, 11) is 0. The highest BCUT2D eigenvalue weighted by atomic mass is 16.6. The number of carbonyl (C=O) groups is 3. The molecule has 0 saturated heterocycles. The molecule has 0 saturated carbocycles. The Kier molecular flexibility index (Phi) is 8.72. The SMILES string of the molecule is C[C@H](NC(=O)OC(C)(C)C)C(=O)C[C@H](/C=C/C(=O)O)CCc1ccccc1. The number of carboxylic acids is 1. The number of allylic oxidation sites excluding steroid dienone is 1. The lowest BCUT2D eigenvalue weighted by Gasteiger charge is -2.22. The highest BCUT2D eigenvalue weighted by Gasteiger charge is 2.22. The second-order valence-electron chi connectivity index (χ2n) is 7.52. The predicted molar refractivity (Wildman–Crippen MR) is 103 cm³/mol. The number of ether oxygens (including phenoxy) is 1. The molecule has 0 bridgehead atoms. The molecule has 148 valence electrons. The number of benzene rings is 1. The van der Waals surface area contributed by atoms with Crippen LogP contribution in [0.15, 0.2) is 42.5 Å². The van der Waals surface area contributed by atoms with Gasteiger partial charge in [-0.25, -0.2) is 9.59 Å². The standard InChI is InChI=1S/C21H29NO5/c1-15(22-20(26)27-21(2,3)4)18(23)14-17(12-13-19(24)25)11-10-16-8-6-5-7-9-16/h5-9,12-13,15,17H,10-11,14H2,1-4H3,(H,22,26)(H,24,25)/b13-12+/t15-,17-/m0/s1. The van der Waals surface area contributed by atoms with Crippen LogP contribution in [0.3, 0.4) is 0 Å². The van der Waals surface area contributed by atoms with E-state index in [4.69, 9.17) is 9.84 Å². The summed E-state index contributed by atoms with van der Waals surface area (Å²) in [6, 6.07) is 9.08. The minimum Gasteiger partial charge on any atom is -0.478 e. The number of alkyl carbamates (subject to hydrolysis) is 1. The Labute approximate surface area is 160 Å². The fraction of sp³-hybridized carbons (Fsp3) is 0.476. The first-order valence-corrected chi connectivity index (χ1v) is 9.04. The molecule has 1 amide bonds. The lowest BCUT2D eigenvalue weighted by Crippen LogP contribution is -2.42. The van der Waals surface area contributed by atoms with Crippen LogP contribution in [0.2, 0.25) is 0 Å². The average Bonchev–Trinajstić information content (AvgIpc) is 2.56. The van der Waals surface area contributed by atoms with Gasteiger partial charge in [-0.3, -0.25) is 4.79 Å². The highest BCUT2D eigenvalue weighted by Crippen LogP contribution is 2.17. The van der Waals surface area contributed by atoms with E-state index in [1.807, 2.05) is 30.3 Å². The van der Waals surface area contributed by atoms with Crippen molar-refractivity contribution in [3.63, 3.8) is 0 Å². The number of hydrogen-bond donors (Lipinski definition) is 2. The first kappa shape index (κ1) is 22.4. The summed E-state index contributed by atoms with van der Waals surface area (Å²) in [5.74, 6) is -1.45. The third kappa shape index (κ3) is 10.2. The molecule has 2 atom stereocenters. The zero-order chi connectivity index (χ0) is 20.4. The second kappa shape index (κ2) is 10.5. The Morgan fingerprint density at radius 3 is 2.37 bits per heavy atom. The number of ketones is 1. The van der Waals surface area contributed by atoms with E-state index in [9.17, 15) is 14.4 Å². The van der Waals surface area contributed by atoms with E-state index >= 15 is 0 Å². The summed E-state index contributed by atoms with van der Waals surface area (Å²) in [4.78, 5) is 35.1. The summed E-state index contributed by atoms with van der Waals surface area (Å²) in [6.45, 7) is 6.83. The molecule has 6 nitrogen and oxygen atoms in total. The summed E-state index contributed by atoms with van der Waals surface area (Å²) < 4.78 is 5.15. The Balaban J connectivity index is 2.65. The third-order valence-electron chi connectivity index (χ3n) is 3.84. The van der Waals surface area contributed by atoms with Crippen molar-refractivity contribution in [3.05, 3.63) is 48.0 Å². The van der Waals surface area contributed by atoms with Gasteiger partial charge in [0.05, 0.1) is 6.04 Å². The van der Waals surface area contributed by atoms with Gasteiger partial charge in [0.1, 0.15) is 5.60 Å². The molecule has 0 heterocycles. The van der Waals surface area contributed by atoms with Crippen LogP contribution in [0.25, 0.3) is 0 Å². The third-order valence-corrected chi connectivity index (χ3v) is 3.84. The highest BCUT2D eigenvalue weighted by molar-refractivity contribution is 5.87. The van der Waals surface area contributed by atoms with Crippen molar-refractivity contribution in [2.45, 2.75) is 58.6 Å². The molecule has 0 spiro atoms. The summed E-state index contributed by atoms with van der Waals surface area (Å²) in [5, 5.41) is 11.4. The van der Waals surface area contributed by atoms with Crippen molar-refractivity contribution in [2.75, 3.05) is 0 Å². The van der Waals surface area contributed by atoms with Crippen LogP contribution >= 0.6 is 0 Å². The van der Waals surface area contributed by atoms with Crippen LogP contribution in [-0.2, 0) is 20.7 Å². The molecule has 0 aliphatic carbocycles. The maximum Gasteiger partial charge on any atom is 0.408 e. The number of aryl methyl sites for hydroxylation is 1. The Hall–Kier alpha value is -2.63. The van der Waals surface area contributed by atoms with E-state index in [1.54, 1.807) is 33.8 Å². The number of amides is 1. The smallest absolute Gasteiger partial charge is 0.408 e. The van der Waals surface area contributed by atoms with Gasteiger partial charge in [0.15, 0.2) is 5.78 Å². The van der Waals surface area contributed by atoms with Crippen molar-refractivity contribution < 1.29 is 24.2 Å². The monoisotopic (exact) mass is 375 g/mol. The van der Waals surface area contributed by atoms with Crippen molar-refractivity contribution >= 4 is 17.8 Å². The molecule has 6 heteroatoms. The van der Waals surface area contributed by atoms with Crippen molar-refractivity contribution in [3.8, 4) is 0 Å². The molecular weight excluding hydrogens is 346 g/mol. The number of rotatable bonds is 9. The lowest BCUT2D eigenvalue weighted by molar-refractivity contribution is -0.131. The van der Waals surface area contributed by atoms with E-state index in [0.717, 1.165) is 18.1 Å². The molecule has 2 N–H and O–H groups in total. The van der Waals surface area contributed by atoms with E-state index in [-0.39, 0.29) is 18.1 Å². The summed E-state index contributed by atoms with van der Waals surface area (Å²) >= 11 is 0. The zero-order valence-corrected chi connectivity index (χ0v) is 16.4. The number of nitrogens with one attached hydrogen (secondary N) is 1. The molecule has 1 rings (SSSR count). The summed E-state index contributed by atoms with van der Waals surface area (Å²) in [5.41, 5.74) is 0.480. The number of hydrogen-bond acceptors (Lipinski definition) is 4. The molecule has 0 radical (unpaired) electrons. The minimum absolute atomic E-state index is 0.146. The van der Waals surface area contributed by atoms with Crippen molar-refractivity contribution in [1.29, 1.82) is 0 Å². The van der Waals surface area contributed by atoms with E-state index in [1.165, 1.54) is 0 Å². The van der Waals surface area contributed by atoms with E-state index in [0.29, 0.717) is 6.42 Å². The fourth-order valence-corrected chi connectivity index (χ4v) is 2.48. The van der Waals surface area contributed by atoms with Crippen LogP contribution in [0, 0.1) is 5.92 Å². The molecule has 1 aromatic rings. The maximum atomic E-state index is 12.5. The Morgan fingerprint density at radius 1 is 1.19 bits per heavy atom. The Bertz CT molecular complexity index is 661. The molecule has 0 unspecified atom stereocenters. The zero-order valence-electron chi connectivity index (χ0n) is 16.4. The van der Waals surface area contributed by atoms with Gasteiger partial charge in [-0.15, -0.1) is 0 Å². The molecular formula is C21H29NO5. The molecule has 0 aliphatic rings. The van der Waals surface area contributed by atoms with E-state index in [2.05, 4.69) is 5.32 Å². The van der Waals surface area contributed by atoms with Gasteiger partial charge in [-0.1, -0.05) is 36.4 Å². The topological polar surface area (TPSA) is 92.7 Å². The first-order valence-electron chi connectivity index (χ1n) is 9.04. The van der Waals surface area contributed by atoms with Gasteiger partial charge in [0.25, 0.3) is 0 Å². The quantitative estimate of drug-likeness (QED) is 0.641. The largest absolute Gasteiger partial charge is 0.478 e. The van der Waals surface area contributed by atoms with Crippen LogP contribution in [0.5, 0.6) is 0 Å². The van der Waals surface area contributed by atoms with Crippen LogP contribution < -0.4 is 5.32 Å². The fourth-order valence-electron chi connectivity index (χ4n) is 2.48. The van der Waals surface area contributed by atoms with Gasteiger partial charge in [-0.2, -0.15) is 0 Å². The molecule has 1 aromatic carbocycles. The van der Waals surface area contributed by atoms with E-state index < -0.39 is 23.7 Å². The number of Topliss-reactive ketones (excluding diaryl/α,β-unsaturated/α-hetero) is 1. The van der Waals surface area contributed by atoms with Gasteiger partial charge < -0.3 is 15.2 Å². The van der Waals surface area contributed by atoms with Gasteiger partial charge in [0.2, 0.25) is 0 Å². The van der Waals surface area contributed by atoms with Gasteiger partial charge in [0, 0.05) is 12.5 Å². The first-order chi connectivity index (χ1) is 12.6. The number of carboxylic acid groups (broad SMARTS) is 1. The second-order valence-corrected chi connectivity index (χ2v) is 7.52. The maximum absolute atomic E-state index is 12.5.